The first-order valence-corrected chi connectivity index (χ1v) is 5.83. The van der Waals surface area contributed by atoms with Gasteiger partial charge in [-0.15, -0.1) is 0 Å². The molecule has 14 heavy (non-hydrogen) atoms. The molecular weight excluding hydrogens is 238 g/mol. The van der Waals surface area contributed by atoms with Crippen LogP contribution in [0.25, 0.3) is 0 Å². The Bertz CT molecular complexity index is 307. The lowest BCUT2D eigenvalue weighted by atomic mass is 10.1. The van der Waals surface area contributed by atoms with Crippen molar-refractivity contribution in [2.45, 2.75) is 33.7 Å². The molecule has 0 aromatic heterocycles. The highest BCUT2D eigenvalue weighted by atomic mass is 79.9. The van der Waals surface area contributed by atoms with Crippen LogP contribution in [0.15, 0.2) is 22.7 Å². The van der Waals surface area contributed by atoms with Gasteiger partial charge in [0, 0.05) is 16.2 Å². The Balaban J connectivity index is 2.82. The molecule has 0 aliphatic heterocycles. The van der Waals surface area contributed by atoms with Crippen molar-refractivity contribution in [1.82, 2.24) is 0 Å². The first-order chi connectivity index (χ1) is 6.52. The molecule has 1 aromatic rings. The van der Waals surface area contributed by atoms with Gasteiger partial charge in [-0.3, -0.25) is 0 Å². The molecule has 0 amide bonds. The predicted octanol–water partition coefficient (Wildman–Crippen LogP) is 4.21. The maximum absolute atomic E-state index is 3.60. The van der Waals surface area contributed by atoms with Crippen molar-refractivity contribution < 1.29 is 0 Å². The second-order valence-electron chi connectivity index (χ2n) is 4.11. The van der Waals surface area contributed by atoms with Gasteiger partial charge in [-0.1, -0.05) is 26.0 Å². The summed E-state index contributed by atoms with van der Waals surface area (Å²) in [6.45, 7) is 8.76. The second kappa shape index (κ2) is 4.83. The number of aryl methyl sites for hydroxylation is 1. The third-order valence-electron chi connectivity index (χ3n) is 2.57. The Morgan fingerprint density at radius 2 is 1.86 bits per heavy atom. The van der Waals surface area contributed by atoms with E-state index in [0.717, 1.165) is 0 Å². The van der Waals surface area contributed by atoms with Crippen molar-refractivity contribution in [1.29, 1.82) is 0 Å². The number of rotatable bonds is 3. The summed E-state index contributed by atoms with van der Waals surface area (Å²) in [6, 6.07) is 6.79. The molecule has 1 nitrogen and oxygen atoms in total. The van der Waals surface area contributed by atoms with Crippen molar-refractivity contribution in [2.24, 2.45) is 5.92 Å². The van der Waals surface area contributed by atoms with Gasteiger partial charge in [-0.05, 0) is 47.3 Å². The van der Waals surface area contributed by atoms with E-state index in [0.29, 0.717) is 12.0 Å². The van der Waals surface area contributed by atoms with E-state index >= 15 is 0 Å². The molecule has 1 N–H and O–H groups in total. The van der Waals surface area contributed by atoms with E-state index in [1.807, 2.05) is 0 Å². The third-order valence-corrected chi connectivity index (χ3v) is 3.63. The van der Waals surface area contributed by atoms with Crippen LogP contribution in [-0.4, -0.2) is 6.04 Å². The highest BCUT2D eigenvalue weighted by molar-refractivity contribution is 9.10. The molecule has 0 saturated heterocycles. The number of anilines is 1. The molecule has 0 bridgehead atoms. The summed E-state index contributed by atoms with van der Waals surface area (Å²) in [5, 5.41) is 3.50. The summed E-state index contributed by atoms with van der Waals surface area (Å²) in [4.78, 5) is 0. The maximum atomic E-state index is 3.60. The Morgan fingerprint density at radius 3 is 2.43 bits per heavy atom. The van der Waals surface area contributed by atoms with Gasteiger partial charge >= 0.3 is 0 Å². The van der Waals surface area contributed by atoms with Crippen molar-refractivity contribution in [2.75, 3.05) is 5.32 Å². The van der Waals surface area contributed by atoms with Crippen LogP contribution in [0, 0.1) is 12.8 Å². The van der Waals surface area contributed by atoms with Crippen molar-refractivity contribution in [3.63, 3.8) is 0 Å². The van der Waals surface area contributed by atoms with E-state index in [1.165, 1.54) is 15.7 Å². The summed E-state index contributed by atoms with van der Waals surface area (Å²) in [5.74, 6) is 0.641. The molecule has 1 rings (SSSR count). The zero-order chi connectivity index (χ0) is 10.7. The fraction of sp³-hybridized carbons (Fsp3) is 0.500. The molecule has 0 aliphatic rings. The van der Waals surface area contributed by atoms with Crippen LogP contribution in [-0.2, 0) is 0 Å². The Kier molecular flexibility index (Phi) is 3.99. The lowest BCUT2D eigenvalue weighted by molar-refractivity contribution is 0.560. The molecule has 0 heterocycles. The minimum absolute atomic E-state index is 0.494. The van der Waals surface area contributed by atoms with Crippen LogP contribution < -0.4 is 5.32 Å². The third kappa shape index (κ3) is 2.74. The maximum Gasteiger partial charge on any atom is 0.0489 e. The molecule has 1 atom stereocenters. The van der Waals surface area contributed by atoms with E-state index in [1.54, 1.807) is 0 Å². The molecule has 0 saturated carbocycles. The first-order valence-electron chi connectivity index (χ1n) is 5.04. The topological polar surface area (TPSA) is 12.0 Å². The predicted molar refractivity (Wildman–Crippen MR) is 66.8 cm³/mol. The van der Waals surface area contributed by atoms with E-state index in [9.17, 15) is 0 Å². The molecule has 1 aromatic carbocycles. The fourth-order valence-corrected chi connectivity index (χ4v) is 1.55. The molecule has 1 unspecified atom stereocenters. The molecule has 0 fully saturated rings. The first kappa shape index (κ1) is 11.6. The molecule has 0 radical (unpaired) electrons. The molecule has 78 valence electrons. The van der Waals surface area contributed by atoms with E-state index in [-0.39, 0.29) is 0 Å². The zero-order valence-corrected chi connectivity index (χ0v) is 10.9. The van der Waals surface area contributed by atoms with Gasteiger partial charge in [0.15, 0.2) is 0 Å². The average molecular weight is 256 g/mol. The van der Waals surface area contributed by atoms with Gasteiger partial charge in [-0.25, -0.2) is 0 Å². The van der Waals surface area contributed by atoms with Crippen molar-refractivity contribution in [3.8, 4) is 0 Å². The van der Waals surface area contributed by atoms with Gasteiger partial charge in [0.1, 0.15) is 0 Å². The Hall–Kier alpha value is -0.500. The smallest absolute Gasteiger partial charge is 0.0489 e. The van der Waals surface area contributed by atoms with Crippen LogP contribution in [0.2, 0.25) is 0 Å². The van der Waals surface area contributed by atoms with Gasteiger partial charge in [0.2, 0.25) is 0 Å². The summed E-state index contributed by atoms with van der Waals surface area (Å²) < 4.78 is 1.17. The number of hydrogen-bond donors (Lipinski definition) is 1. The number of hydrogen-bond acceptors (Lipinski definition) is 1. The number of benzene rings is 1. The summed E-state index contributed by atoms with van der Waals surface area (Å²) >= 11 is 3.60. The highest BCUT2D eigenvalue weighted by Gasteiger charge is 2.08. The molecule has 0 spiro atoms. The van der Waals surface area contributed by atoms with E-state index < -0.39 is 0 Å². The minimum atomic E-state index is 0.494. The summed E-state index contributed by atoms with van der Waals surface area (Å²) in [7, 11) is 0. The van der Waals surface area contributed by atoms with Crippen LogP contribution in [0.1, 0.15) is 26.3 Å². The monoisotopic (exact) mass is 255 g/mol. The van der Waals surface area contributed by atoms with E-state index in [4.69, 9.17) is 0 Å². The number of halogens is 1. The van der Waals surface area contributed by atoms with Gasteiger partial charge < -0.3 is 5.32 Å². The second-order valence-corrected chi connectivity index (χ2v) is 4.91. The van der Waals surface area contributed by atoms with Crippen LogP contribution in [0.4, 0.5) is 5.69 Å². The van der Waals surface area contributed by atoms with Crippen LogP contribution in [0.3, 0.4) is 0 Å². The molecule has 0 aliphatic carbocycles. The highest BCUT2D eigenvalue weighted by Crippen LogP contribution is 2.26. The van der Waals surface area contributed by atoms with E-state index in [2.05, 4.69) is 67.1 Å². The fourth-order valence-electron chi connectivity index (χ4n) is 1.17. The van der Waals surface area contributed by atoms with Crippen LogP contribution in [0.5, 0.6) is 0 Å². The standard InChI is InChI=1S/C12H18BrN/c1-8(2)10(4)14-11-7-5-6-9(3)12(11)13/h5-8,10,14H,1-4H3. The van der Waals surface area contributed by atoms with Gasteiger partial charge in [0.25, 0.3) is 0 Å². The van der Waals surface area contributed by atoms with Gasteiger partial charge in [0.05, 0.1) is 0 Å². The molecular formula is C12H18BrN. The minimum Gasteiger partial charge on any atom is -0.381 e. The average Bonchev–Trinajstić information content (AvgIpc) is 2.12. The van der Waals surface area contributed by atoms with Crippen molar-refractivity contribution in [3.05, 3.63) is 28.2 Å². The normalized spacial score (nSPS) is 13.0. The van der Waals surface area contributed by atoms with Crippen LogP contribution >= 0.6 is 15.9 Å². The Morgan fingerprint density at radius 1 is 1.21 bits per heavy atom. The largest absolute Gasteiger partial charge is 0.381 e. The lowest BCUT2D eigenvalue weighted by Gasteiger charge is -2.20. The summed E-state index contributed by atoms with van der Waals surface area (Å²) in [6.07, 6.45) is 0. The number of nitrogens with one attached hydrogen (secondary N) is 1. The molecule has 2 heteroatoms. The SMILES string of the molecule is Cc1cccc(NC(C)C(C)C)c1Br. The lowest BCUT2D eigenvalue weighted by Crippen LogP contribution is -2.21. The zero-order valence-electron chi connectivity index (χ0n) is 9.26. The van der Waals surface area contributed by atoms with Crippen molar-refractivity contribution >= 4 is 21.6 Å². The Labute approximate surface area is 95.0 Å². The quantitative estimate of drug-likeness (QED) is 0.854. The summed E-state index contributed by atoms with van der Waals surface area (Å²) in [5.41, 5.74) is 2.46. The van der Waals surface area contributed by atoms with Gasteiger partial charge in [-0.2, -0.15) is 0 Å².